The molecule has 3 rings (SSSR count). The number of nitrogens with zero attached hydrogens (tertiary/aromatic N) is 3. The van der Waals surface area contributed by atoms with Gasteiger partial charge in [-0.15, -0.1) is 0 Å². The van der Waals surface area contributed by atoms with Crippen LogP contribution < -0.4 is 0 Å². The highest BCUT2D eigenvalue weighted by Gasteiger charge is 2.57. The Kier molecular flexibility index (Phi) is 5.48. The largest absolute Gasteiger partial charge is 0.305 e. The van der Waals surface area contributed by atoms with Crippen molar-refractivity contribution in [3.63, 3.8) is 0 Å². The first kappa shape index (κ1) is 18.5. The molecule has 3 fully saturated rings. The molecule has 3 saturated heterocycles. The molecule has 0 amide bonds. The van der Waals surface area contributed by atoms with Gasteiger partial charge in [0.25, 0.3) is 5.92 Å². The van der Waals surface area contributed by atoms with Crippen LogP contribution in [0.2, 0.25) is 0 Å². The lowest BCUT2D eigenvalue weighted by Gasteiger charge is -2.52. The fourth-order valence-electron chi connectivity index (χ4n) is 5.25. The summed E-state index contributed by atoms with van der Waals surface area (Å²) in [7, 11) is 5.76. The second-order valence-corrected chi connectivity index (χ2v) is 8.33. The predicted octanol–water partition coefficient (Wildman–Crippen LogP) is 2.72. The van der Waals surface area contributed by atoms with Crippen molar-refractivity contribution >= 4 is 0 Å². The molecule has 0 aliphatic carbocycles. The number of piperidine rings is 3. The topological polar surface area (TPSA) is 9.72 Å². The molecule has 0 radical (unpaired) electrons. The van der Waals surface area contributed by atoms with E-state index in [1.54, 1.807) is 0 Å². The van der Waals surface area contributed by atoms with Gasteiger partial charge in [-0.25, -0.2) is 13.2 Å². The summed E-state index contributed by atoms with van der Waals surface area (Å²) in [6, 6.07) is -0.257. The van der Waals surface area contributed by atoms with E-state index in [0.717, 1.165) is 25.8 Å². The van der Waals surface area contributed by atoms with Crippen LogP contribution in [0.15, 0.2) is 0 Å². The Labute approximate surface area is 144 Å². The Morgan fingerprint density at radius 1 is 0.792 bits per heavy atom. The van der Waals surface area contributed by atoms with Crippen LogP contribution in [0.3, 0.4) is 0 Å². The zero-order valence-electron chi connectivity index (χ0n) is 15.2. The van der Waals surface area contributed by atoms with Gasteiger partial charge in [0.2, 0.25) is 0 Å². The average Bonchev–Trinajstić information content (AvgIpc) is 2.51. The summed E-state index contributed by atoms with van der Waals surface area (Å²) in [5, 5.41) is 0. The number of likely N-dealkylation sites (tertiary alicyclic amines) is 3. The maximum atomic E-state index is 15.5. The molecule has 3 aliphatic heterocycles. The van der Waals surface area contributed by atoms with Crippen LogP contribution in [0.1, 0.15) is 32.1 Å². The maximum Gasteiger partial charge on any atom is 0.259 e. The number of alkyl halides is 3. The van der Waals surface area contributed by atoms with Gasteiger partial charge in [-0.05, 0) is 53.4 Å². The van der Waals surface area contributed by atoms with Crippen LogP contribution in [0.25, 0.3) is 0 Å². The van der Waals surface area contributed by atoms with E-state index in [4.69, 9.17) is 0 Å². The molecule has 0 spiro atoms. The Bertz CT molecular complexity index is 434. The third-order valence-electron chi connectivity index (χ3n) is 6.59. The second kappa shape index (κ2) is 7.12. The smallest absolute Gasteiger partial charge is 0.259 e. The van der Waals surface area contributed by atoms with Gasteiger partial charge in [0, 0.05) is 31.7 Å². The van der Waals surface area contributed by atoms with E-state index in [1.165, 1.54) is 0 Å². The van der Waals surface area contributed by atoms with Crippen molar-refractivity contribution < 1.29 is 13.2 Å². The third-order valence-corrected chi connectivity index (χ3v) is 6.59. The number of rotatable bonds is 2. The fraction of sp³-hybridized carbons (Fsp3) is 1.00. The molecular formula is C18H32F3N3. The van der Waals surface area contributed by atoms with E-state index in [0.29, 0.717) is 25.9 Å². The minimum Gasteiger partial charge on any atom is -0.305 e. The zero-order chi connectivity index (χ0) is 17.5. The summed E-state index contributed by atoms with van der Waals surface area (Å²) >= 11 is 0. The van der Waals surface area contributed by atoms with Crippen molar-refractivity contribution in [2.45, 2.75) is 56.3 Å². The number of hydrogen-bond donors (Lipinski definition) is 0. The molecule has 3 nitrogen and oxygen atoms in total. The van der Waals surface area contributed by atoms with E-state index in [2.05, 4.69) is 9.80 Å². The molecule has 0 N–H and O–H groups in total. The van der Waals surface area contributed by atoms with Gasteiger partial charge in [-0.3, -0.25) is 4.90 Å². The first-order valence-corrected chi connectivity index (χ1v) is 9.41. The second-order valence-electron chi connectivity index (χ2n) is 8.33. The molecular weight excluding hydrogens is 315 g/mol. The SMILES string of the molecule is CN1CC(C2CCCCN2C)C(F)(F)C(C2CCC(F)CN2C)C1. The molecule has 5 atom stereocenters. The number of halogens is 3. The standard InChI is InChI=1S/C18H32F3N3/c1-22-11-14(16-6-4-5-9-23(16)2)18(20,21)15(12-22)17-8-7-13(19)10-24(17)3/h13-17H,4-12H2,1-3H3. The van der Waals surface area contributed by atoms with Gasteiger partial charge in [0.15, 0.2) is 0 Å². The van der Waals surface area contributed by atoms with Gasteiger partial charge in [-0.2, -0.15) is 0 Å². The monoisotopic (exact) mass is 347 g/mol. The maximum absolute atomic E-state index is 15.5. The van der Waals surface area contributed by atoms with E-state index in [-0.39, 0.29) is 18.6 Å². The van der Waals surface area contributed by atoms with Crippen molar-refractivity contribution in [1.29, 1.82) is 0 Å². The van der Waals surface area contributed by atoms with E-state index in [1.807, 2.05) is 26.0 Å². The van der Waals surface area contributed by atoms with Crippen LogP contribution in [-0.4, -0.2) is 86.2 Å². The molecule has 6 heteroatoms. The molecule has 5 unspecified atom stereocenters. The Balaban J connectivity index is 1.81. The van der Waals surface area contributed by atoms with Crippen molar-refractivity contribution in [2.24, 2.45) is 11.8 Å². The van der Waals surface area contributed by atoms with Gasteiger partial charge in [0.05, 0.1) is 11.8 Å². The first-order valence-electron chi connectivity index (χ1n) is 9.41. The third kappa shape index (κ3) is 3.47. The minimum atomic E-state index is -2.69. The quantitative estimate of drug-likeness (QED) is 0.760. The van der Waals surface area contributed by atoms with Crippen LogP contribution in [0.5, 0.6) is 0 Å². The molecule has 24 heavy (non-hydrogen) atoms. The highest BCUT2D eigenvalue weighted by Crippen LogP contribution is 2.46. The van der Waals surface area contributed by atoms with E-state index in [9.17, 15) is 4.39 Å². The molecule has 3 heterocycles. The normalized spacial score (nSPS) is 43.0. The molecule has 0 bridgehead atoms. The van der Waals surface area contributed by atoms with Crippen molar-refractivity contribution in [3.8, 4) is 0 Å². The van der Waals surface area contributed by atoms with Crippen LogP contribution in [0, 0.1) is 11.8 Å². The van der Waals surface area contributed by atoms with Gasteiger partial charge in [-0.1, -0.05) is 6.42 Å². The molecule has 140 valence electrons. The molecule has 0 aromatic rings. The van der Waals surface area contributed by atoms with Crippen molar-refractivity contribution in [3.05, 3.63) is 0 Å². The summed E-state index contributed by atoms with van der Waals surface area (Å²) in [4.78, 5) is 6.05. The summed E-state index contributed by atoms with van der Waals surface area (Å²) in [6.45, 7) is 2.07. The molecule has 3 aliphatic rings. The average molecular weight is 347 g/mol. The van der Waals surface area contributed by atoms with Crippen LogP contribution >= 0.6 is 0 Å². The summed E-state index contributed by atoms with van der Waals surface area (Å²) < 4.78 is 44.7. The summed E-state index contributed by atoms with van der Waals surface area (Å²) in [5.74, 6) is -4.01. The highest BCUT2D eigenvalue weighted by atomic mass is 19.3. The van der Waals surface area contributed by atoms with Gasteiger partial charge in [0.1, 0.15) is 6.17 Å². The van der Waals surface area contributed by atoms with Crippen molar-refractivity contribution in [1.82, 2.24) is 14.7 Å². The molecule has 0 saturated carbocycles. The molecule has 0 aromatic heterocycles. The Morgan fingerprint density at radius 2 is 1.42 bits per heavy atom. The van der Waals surface area contributed by atoms with Gasteiger partial charge < -0.3 is 9.80 Å². The lowest BCUT2D eigenvalue weighted by Crippen LogP contribution is -2.64. The lowest BCUT2D eigenvalue weighted by molar-refractivity contribution is -0.190. The van der Waals surface area contributed by atoms with E-state index >= 15 is 8.78 Å². The molecule has 0 aromatic carbocycles. The zero-order valence-corrected chi connectivity index (χ0v) is 15.2. The Morgan fingerprint density at radius 3 is 2.00 bits per heavy atom. The van der Waals surface area contributed by atoms with Crippen LogP contribution in [-0.2, 0) is 0 Å². The van der Waals surface area contributed by atoms with Crippen LogP contribution in [0.4, 0.5) is 13.2 Å². The highest BCUT2D eigenvalue weighted by molar-refractivity contribution is 5.03. The first-order chi connectivity index (χ1) is 11.3. The van der Waals surface area contributed by atoms with Gasteiger partial charge >= 0.3 is 0 Å². The van der Waals surface area contributed by atoms with E-state index < -0.39 is 23.9 Å². The fourth-order valence-corrected chi connectivity index (χ4v) is 5.25. The van der Waals surface area contributed by atoms with Crippen molar-refractivity contribution in [2.75, 3.05) is 47.3 Å². The predicted molar refractivity (Wildman–Crippen MR) is 90.2 cm³/mol. The Hall–Kier alpha value is -0.330. The summed E-state index contributed by atoms with van der Waals surface area (Å²) in [6.07, 6.45) is 3.10. The lowest BCUT2D eigenvalue weighted by atomic mass is 9.73. The summed E-state index contributed by atoms with van der Waals surface area (Å²) in [5.41, 5.74) is 0. The number of hydrogen-bond acceptors (Lipinski definition) is 3. The minimum absolute atomic E-state index is 0.0400.